The summed E-state index contributed by atoms with van der Waals surface area (Å²) in [4.78, 5) is 12.8. The van der Waals surface area contributed by atoms with Gasteiger partial charge in [0.1, 0.15) is 5.82 Å². The van der Waals surface area contributed by atoms with Gasteiger partial charge in [-0.25, -0.2) is 14.4 Å². The monoisotopic (exact) mass is 427 g/mol. The Morgan fingerprint density at radius 2 is 1.79 bits per heavy atom. The van der Waals surface area contributed by atoms with E-state index in [2.05, 4.69) is 15.0 Å². The number of benzene rings is 1. The molecule has 0 N–H and O–H groups in total. The Kier molecular flexibility index (Phi) is 5.79. The Bertz CT molecular complexity index is 999. The van der Waals surface area contributed by atoms with Gasteiger partial charge < -0.3 is 9.47 Å². The molecule has 29 heavy (non-hydrogen) atoms. The summed E-state index contributed by atoms with van der Waals surface area (Å²) < 4.78 is 54.6. The van der Waals surface area contributed by atoms with Gasteiger partial charge in [0, 0.05) is 31.4 Å². The second-order valence-electron chi connectivity index (χ2n) is 6.81. The third-order valence-electron chi connectivity index (χ3n) is 4.27. The van der Waals surface area contributed by atoms with E-state index in [1.54, 1.807) is 50.1 Å². The van der Waals surface area contributed by atoms with E-state index in [0.29, 0.717) is 12.1 Å². The quantitative estimate of drug-likeness (QED) is 0.406. The third kappa shape index (κ3) is 4.67. The molecule has 5 nitrogen and oxygen atoms in total. The zero-order valence-electron chi connectivity index (χ0n) is 15.9. The van der Waals surface area contributed by atoms with Crippen molar-refractivity contribution in [2.24, 2.45) is 0 Å². The fourth-order valence-electron chi connectivity index (χ4n) is 2.85. The molecule has 2 heterocycles. The first kappa shape index (κ1) is 21.0. The van der Waals surface area contributed by atoms with E-state index in [0.717, 1.165) is 18.0 Å². The summed E-state index contributed by atoms with van der Waals surface area (Å²) in [7, 11) is 1.65. The highest BCUT2D eigenvalue weighted by molar-refractivity contribution is 6.28. The van der Waals surface area contributed by atoms with Gasteiger partial charge in [-0.05, 0) is 31.0 Å². The molecule has 0 spiro atoms. The van der Waals surface area contributed by atoms with Gasteiger partial charge in [-0.15, -0.1) is 0 Å². The Morgan fingerprint density at radius 3 is 2.38 bits per heavy atom. The second kappa shape index (κ2) is 7.98. The zero-order valence-corrected chi connectivity index (χ0v) is 16.6. The summed E-state index contributed by atoms with van der Waals surface area (Å²) in [6.07, 6.45) is -2.50. The maximum absolute atomic E-state index is 13.9. The highest BCUT2D eigenvalue weighted by Crippen LogP contribution is 2.32. The molecule has 0 atom stereocenters. The van der Waals surface area contributed by atoms with Crippen LogP contribution in [0.2, 0.25) is 5.28 Å². The van der Waals surface area contributed by atoms with E-state index >= 15 is 0 Å². The number of rotatable bonds is 5. The van der Waals surface area contributed by atoms with Crippen LogP contribution in [0.5, 0.6) is 0 Å². The van der Waals surface area contributed by atoms with Crippen molar-refractivity contribution in [3.8, 4) is 11.4 Å². The Hall–Kier alpha value is -2.68. The number of imidazole rings is 1. The molecular formula is C19H18ClF4N5. The van der Waals surface area contributed by atoms with Crippen LogP contribution in [0.1, 0.15) is 31.1 Å². The van der Waals surface area contributed by atoms with Crippen molar-refractivity contribution in [2.45, 2.75) is 32.6 Å². The number of hydrogen-bond donors (Lipinski definition) is 0. The SMILES string of the molecule is CC(C)n1cc(C(F)(F)F)nc1-c1ccc(CN(C)c2nc(Cl)ncc2F)cc1. The van der Waals surface area contributed by atoms with Crippen LogP contribution in [-0.2, 0) is 12.7 Å². The van der Waals surface area contributed by atoms with Crippen LogP contribution >= 0.6 is 11.6 Å². The molecule has 0 unspecified atom stereocenters. The van der Waals surface area contributed by atoms with Gasteiger partial charge in [-0.1, -0.05) is 24.3 Å². The topological polar surface area (TPSA) is 46.8 Å². The molecule has 3 aromatic rings. The van der Waals surface area contributed by atoms with Crippen molar-refractivity contribution < 1.29 is 17.6 Å². The van der Waals surface area contributed by atoms with Crippen molar-refractivity contribution >= 4 is 17.4 Å². The predicted molar refractivity (Wildman–Crippen MR) is 102 cm³/mol. The second-order valence-corrected chi connectivity index (χ2v) is 7.15. The smallest absolute Gasteiger partial charge is 0.353 e. The standard InChI is InChI=1S/C19H18ClF4N5/c1-11(2)29-10-15(19(22,23)24)26-16(29)13-6-4-12(5-7-13)9-28(3)17-14(21)8-25-18(20)27-17/h4-8,10-11H,9H2,1-3H3. The van der Waals surface area contributed by atoms with E-state index < -0.39 is 17.7 Å². The summed E-state index contributed by atoms with van der Waals surface area (Å²) in [5.74, 6) is -0.313. The molecule has 3 rings (SSSR count). The summed E-state index contributed by atoms with van der Waals surface area (Å²) in [5, 5.41) is -0.0652. The van der Waals surface area contributed by atoms with Gasteiger partial charge in [0.25, 0.3) is 0 Å². The number of anilines is 1. The van der Waals surface area contributed by atoms with Gasteiger partial charge in [-0.2, -0.15) is 18.2 Å². The normalized spacial score (nSPS) is 11.9. The lowest BCUT2D eigenvalue weighted by atomic mass is 10.1. The van der Waals surface area contributed by atoms with Crippen LogP contribution in [0, 0.1) is 5.82 Å². The van der Waals surface area contributed by atoms with Crippen LogP contribution < -0.4 is 4.90 Å². The third-order valence-corrected chi connectivity index (χ3v) is 4.45. The van der Waals surface area contributed by atoms with Gasteiger partial charge in [-0.3, -0.25) is 0 Å². The molecule has 10 heteroatoms. The molecule has 0 fully saturated rings. The molecule has 0 bridgehead atoms. The molecule has 0 aliphatic rings. The minimum atomic E-state index is -4.51. The molecule has 0 radical (unpaired) electrons. The first-order valence-corrected chi connectivity index (χ1v) is 9.08. The van der Waals surface area contributed by atoms with Crippen molar-refractivity contribution in [2.75, 3.05) is 11.9 Å². The van der Waals surface area contributed by atoms with Crippen LogP contribution in [-0.4, -0.2) is 26.6 Å². The molecule has 1 aromatic carbocycles. The molecular weight excluding hydrogens is 410 g/mol. The Balaban J connectivity index is 1.85. The molecule has 2 aromatic heterocycles. The summed E-state index contributed by atoms with van der Waals surface area (Å²) in [6.45, 7) is 3.89. The lowest BCUT2D eigenvalue weighted by molar-refractivity contribution is -0.140. The van der Waals surface area contributed by atoms with Crippen LogP contribution in [0.3, 0.4) is 0 Å². The van der Waals surface area contributed by atoms with Crippen molar-refractivity contribution in [3.63, 3.8) is 0 Å². The molecule has 0 saturated heterocycles. The predicted octanol–water partition coefficient (Wildman–Crippen LogP) is 5.37. The largest absolute Gasteiger partial charge is 0.434 e. The number of nitrogens with zero attached hydrogens (tertiary/aromatic N) is 5. The Morgan fingerprint density at radius 1 is 1.14 bits per heavy atom. The summed E-state index contributed by atoms with van der Waals surface area (Å²) in [6, 6.07) is 6.69. The minimum absolute atomic E-state index is 0.0549. The van der Waals surface area contributed by atoms with E-state index in [1.165, 1.54) is 4.57 Å². The molecule has 0 aliphatic heterocycles. The minimum Gasteiger partial charge on any atom is -0.353 e. The van der Waals surface area contributed by atoms with Crippen molar-refractivity contribution in [3.05, 3.63) is 59.0 Å². The maximum Gasteiger partial charge on any atom is 0.434 e. The van der Waals surface area contributed by atoms with Crippen LogP contribution in [0.25, 0.3) is 11.4 Å². The average molecular weight is 428 g/mol. The van der Waals surface area contributed by atoms with Crippen molar-refractivity contribution in [1.82, 2.24) is 19.5 Å². The van der Waals surface area contributed by atoms with Crippen LogP contribution in [0.4, 0.5) is 23.4 Å². The van der Waals surface area contributed by atoms with E-state index in [9.17, 15) is 17.6 Å². The number of halogens is 5. The average Bonchev–Trinajstić information content (AvgIpc) is 3.10. The fraction of sp³-hybridized carbons (Fsp3) is 0.316. The number of hydrogen-bond acceptors (Lipinski definition) is 4. The molecule has 0 amide bonds. The zero-order chi connectivity index (χ0) is 21.3. The van der Waals surface area contributed by atoms with Crippen molar-refractivity contribution in [1.29, 1.82) is 0 Å². The number of alkyl halides is 3. The lowest BCUT2D eigenvalue weighted by Crippen LogP contribution is -2.19. The fourth-order valence-corrected chi connectivity index (χ4v) is 2.98. The molecule has 0 saturated carbocycles. The van der Waals surface area contributed by atoms with Gasteiger partial charge >= 0.3 is 6.18 Å². The first-order valence-electron chi connectivity index (χ1n) is 8.71. The lowest BCUT2D eigenvalue weighted by Gasteiger charge is -2.19. The van der Waals surface area contributed by atoms with Crippen LogP contribution in [0.15, 0.2) is 36.7 Å². The number of aromatic nitrogens is 4. The van der Waals surface area contributed by atoms with E-state index in [4.69, 9.17) is 11.6 Å². The first-order chi connectivity index (χ1) is 13.6. The van der Waals surface area contributed by atoms with Gasteiger partial charge in [0.2, 0.25) is 5.28 Å². The molecule has 154 valence electrons. The summed E-state index contributed by atoms with van der Waals surface area (Å²) >= 11 is 5.72. The van der Waals surface area contributed by atoms with E-state index in [-0.39, 0.29) is 23.0 Å². The highest BCUT2D eigenvalue weighted by atomic mass is 35.5. The van der Waals surface area contributed by atoms with Gasteiger partial charge in [0.05, 0.1) is 6.20 Å². The Labute approximate surface area is 170 Å². The van der Waals surface area contributed by atoms with Gasteiger partial charge in [0.15, 0.2) is 17.3 Å². The maximum atomic E-state index is 13.9. The molecule has 0 aliphatic carbocycles. The van der Waals surface area contributed by atoms with E-state index in [1.807, 2.05) is 0 Å². The highest BCUT2D eigenvalue weighted by Gasteiger charge is 2.35. The summed E-state index contributed by atoms with van der Waals surface area (Å²) in [5.41, 5.74) is 0.432.